The molecule has 4 aromatic rings. The van der Waals surface area contributed by atoms with E-state index in [1.165, 1.54) is 12.8 Å². The molecular weight excluding hydrogens is 390 g/mol. The number of hydrogen-bond donors (Lipinski definition) is 3. The van der Waals surface area contributed by atoms with Gasteiger partial charge in [0.25, 0.3) is 0 Å². The van der Waals surface area contributed by atoms with Gasteiger partial charge in [-0.05, 0) is 43.5 Å². The molecule has 0 spiro atoms. The quantitative estimate of drug-likeness (QED) is 0.389. The number of nitrogens with zero attached hydrogens (tertiary/aromatic N) is 4. The number of rotatable bonds is 3. The minimum atomic E-state index is 0.276. The van der Waals surface area contributed by atoms with Crippen LogP contribution in [0.5, 0.6) is 11.5 Å². The summed E-state index contributed by atoms with van der Waals surface area (Å²) in [5.41, 5.74) is 9.55. The molecule has 31 heavy (non-hydrogen) atoms. The summed E-state index contributed by atoms with van der Waals surface area (Å²) >= 11 is 0. The number of nitrogens with two attached hydrogens (primary N) is 1. The van der Waals surface area contributed by atoms with E-state index >= 15 is 0 Å². The maximum Gasteiger partial charge on any atom is 0.222 e. The molecule has 1 atom stereocenters. The first kappa shape index (κ1) is 18.0. The van der Waals surface area contributed by atoms with E-state index < -0.39 is 0 Å². The maximum atomic E-state index is 6.28. The lowest BCUT2D eigenvalue weighted by atomic mass is 10.1. The first-order valence-electron chi connectivity index (χ1n) is 10.7. The lowest BCUT2D eigenvalue weighted by Crippen LogP contribution is -2.29. The van der Waals surface area contributed by atoms with Crippen LogP contribution in [0.2, 0.25) is 0 Å². The first-order valence-corrected chi connectivity index (χ1v) is 10.7. The van der Waals surface area contributed by atoms with Crippen LogP contribution in [0, 0.1) is 0 Å². The number of aromatic nitrogens is 4. The smallest absolute Gasteiger partial charge is 0.222 e. The average molecular weight is 413 g/mol. The van der Waals surface area contributed by atoms with E-state index in [2.05, 4.69) is 37.3 Å². The summed E-state index contributed by atoms with van der Waals surface area (Å²) in [6, 6.07) is 14.4. The van der Waals surface area contributed by atoms with Crippen LogP contribution in [0.3, 0.4) is 0 Å². The topological polar surface area (TPSA) is 105 Å². The highest BCUT2D eigenvalue weighted by Crippen LogP contribution is 2.44. The summed E-state index contributed by atoms with van der Waals surface area (Å²) in [7, 11) is 0. The zero-order valence-corrected chi connectivity index (χ0v) is 17.2. The largest absolute Gasteiger partial charge is 0.454 e. The number of nitrogen functional groups attached to an aromatic ring is 1. The van der Waals surface area contributed by atoms with Crippen LogP contribution < -0.4 is 20.7 Å². The van der Waals surface area contributed by atoms with Gasteiger partial charge in [-0.3, -0.25) is 5.10 Å². The molecule has 8 heteroatoms. The molecule has 2 aromatic carbocycles. The van der Waals surface area contributed by atoms with Crippen molar-refractivity contribution in [3.05, 3.63) is 42.5 Å². The molecule has 0 radical (unpaired) electrons. The summed E-state index contributed by atoms with van der Waals surface area (Å²) in [6.07, 6.45) is 3.45. The van der Waals surface area contributed by atoms with Crippen molar-refractivity contribution in [1.82, 2.24) is 20.2 Å². The van der Waals surface area contributed by atoms with E-state index in [9.17, 15) is 0 Å². The lowest BCUT2D eigenvalue weighted by molar-refractivity contribution is 0.492. The Hall–Kier alpha value is -3.81. The standard InChI is InChI=1S/C23H23N7O/c1-2-14-6-5-9-30(14)20-12-16(26-23(24)27-20)13-10-17-21-19(11-13)31-18-8-4-3-7-15(18)25-22(21)29-28-17/h3-4,7-8,10-12,14H,2,5-6,9H2,1H3,(H2,24,26,27)(H2,25,28,29)/t14-/m1/s1. The van der Waals surface area contributed by atoms with Crippen LogP contribution in [-0.2, 0) is 0 Å². The number of hydrogen-bond acceptors (Lipinski definition) is 7. The zero-order valence-electron chi connectivity index (χ0n) is 17.2. The number of fused-ring (bicyclic) bond motifs is 1. The van der Waals surface area contributed by atoms with Gasteiger partial charge in [0, 0.05) is 24.2 Å². The summed E-state index contributed by atoms with van der Waals surface area (Å²) in [4.78, 5) is 11.4. The van der Waals surface area contributed by atoms with E-state index in [4.69, 9.17) is 10.5 Å². The molecule has 0 amide bonds. The van der Waals surface area contributed by atoms with Crippen molar-refractivity contribution < 1.29 is 4.74 Å². The molecule has 4 N–H and O–H groups in total. The number of para-hydroxylation sites is 2. The Morgan fingerprint density at radius 3 is 2.97 bits per heavy atom. The van der Waals surface area contributed by atoms with Gasteiger partial charge in [0.1, 0.15) is 11.6 Å². The molecule has 1 saturated heterocycles. The summed E-state index contributed by atoms with van der Waals surface area (Å²) in [6.45, 7) is 3.21. The number of benzene rings is 2. The van der Waals surface area contributed by atoms with E-state index in [0.29, 0.717) is 6.04 Å². The van der Waals surface area contributed by atoms with Crippen LogP contribution in [0.15, 0.2) is 42.5 Å². The second kappa shape index (κ2) is 6.87. The third-order valence-electron chi connectivity index (χ3n) is 6.16. The maximum absolute atomic E-state index is 6.28. The lowest BCUT2D eigenvalue weighted by Gasteiger charge is -2.25. The monoisotopic (exact) mass is 413 g/mol. The van der Waals surface area contributed by atoms with E-state index in [1.54, 1.807) is 0 Å². The first-order chi connectivity index (χ1) is 15.2. The highest BCUT2D eigenvalue weighted by Gasteiger charge is 2.26. The second-order valence-electron chi connectivity index (χ2n) is 8.06. The minimum absolute atomic E-state index is 0.276. The SMILES string of the molecule is CC[C@@H]1CCCN1c1cc(-c2cc3c4c(n[nH]c4c2)Nc2ccccc2O3)nc(N)n1. The van der Waals surface area contributed by atoms with Crippen LogP contribution in [-0.4, -0.2) is 32.8 Å². The van der Waals surface area contributed by atoms with Crippen LogP contribution in [0.4, 0.5) is 23.3 Å². The molecule has 4 heterocycles. The molecular formula is C23H23N7O. The Morgan fingerprint density at radius 1 is 1.16 bits per heavy atom. The van der Waals surface area contributed by atoms with Gasteiger partial charge in [-0.2, -0.15) is 10.1 Å². The van der Waals surface area contributed by atoms with Gasteiger partial charge in [-0.15, -0.1) is 0 Å². The van der Waals surface area contributed by atoms with Crippen molar-refractivity contribution in [2.75, 3.05) is 22.5 Å². The Kier molecular flexibility index (Phi) is 3.99. The molecule has 1 fully saturated rings. The summed E-state index contributed by atoms with van der Waals surface area (Å²) < 4.78 is 6.28. The van der Waals surface area contributed by atoms with Crippen LogP contribution in [0.1, 0.15) is 26.2 Å². The molecule has 0 saturated carbocycles. The number of aromatic amines is 1. The van der Waals surface area contributed by atoms with Crippen molar-refractivity contribution in [3.63, 3.8) is 0 Å². The molecule has 0 unspecified atom stereocenters. The molecule has 6 rings (SSSR count). The predicted octanol–water partition coefficient (Wildman–Crippen LogP) is 4.83. The summed E-state index contributed by atoms with van der Waals surface area (Å²) in [5.74, 6) is 3.38. The molecule has 0 aliphatic carbocycles. The van der Waals surface area contributed by atoms with Crippen molar-refractivity contribution in [2.45, 2.75) is 32.2 Å². The van der Waals surface area contributed by atoms with Crippen LogP contribution >= 0.6 is 0 Å². The highest BCUT2D eigenvalue weighted by atomic mass is 16.5. The fourth-order valence-electron chi connectivity index (χ4n) is 4.65. The van der Waals surface area contributed by atoms with Crippen LogP contribution in [0.25, 0.3) is 22.2 Å². The second-order valence-corrected chi connectivity index (χ2v) is 8.06. The average Bonchev–Trinajstić information content (AvgIpc) is 3.38. The van der Waals surface area contributed by atoms with E-state index in [-0.39, 0.29) is 5.95 Å². The molecule has 8 nitrogen and oxygen atoms in total. The van der Waals surface area contributed by atoms with E-state index in [1.807, 2.05) is 42.5 Å². The zero-order chi connectivity index (χ0) is 20.9. The highest BCUT2D eigenvalue weighted by molar-refractivity contribution is 6.00. The van der Waals surface area contributed by atoms with Crippen molar-refractivity contribution in [2.24, 2.45) is 0 Å². The van der Waals surface area contributed by atoms with Crippen molar-refractivity contribution in [3.8, 4) is 22.8 Å². The third-order valence-corrected chi connectivity index (χ3v) is 6.16. The number of H-pyrrole nitrogens is 1. The molecule has 156 valence electrons. The Labute approximate surface area is 179 Å². The number of nitrogens with one attached hydrogen (secondary N) is 2. The number of anilines is 4. The Morgan fingerprint density at radius 2 is 2.06 bits per heavy atom. The van der Waals surface area contributed by atoms with Gasteiger partial charge >= 0.3 is 0 Å². The van der Waals surface area contributed by atoms with Crippen molar-refractivity contribution >= 4 is 34.2 Å². The molecule has 0 bridgehead atoms. The minimum Gasteiger partial charge on any atom is -0.454 e. The third kappa shape index (κ3) is 2.94. The normalized spacial score (nSPS) is 17.2. The van der Waals surface area contributed by atoms with Gasteiger partial charge in [-0.25, -0.2) is 4.98 Å². The fourth-order valence-corrected chi connectivity index (χ4v) is 4.65. The molecule has 2 aliphatic heterocycles. The van der Waals surface area contributed by atoms with Gasteiger partial charge in [-0.1, -0.05) is 19.1 Å². The number of ether oxygens (including phenoxy) is 1. The Balaban J connectivity index is 1.48. The molecule has 2 aliphatic rings. The fraction of sp³-hybridized carbons (Fsp3) is 0.261. The predicted molar refractivity (Wildman–Crippen MR) is 122 cm³/mol. The van der Waals surface area contributed by atoms with Gasteiger partial charge < -0.3 is 20.7 Å². The Bertz CT molecular complexity index is 1300. The summed E-state index contributed by atoms with van der Waals surface area (Å²) in [5, 5.41) is 11.8. The van der Waals surface area contributed by atoms with E-state index in [0.717, 1.165) is 63.9 Å². The van der Waals surface area contributed by atoms with Crippen molar-refractivity contribution in [1.29, 1.82) is 0 Å². The van der Waals surface area contributed by atoms with Gasteiger partial charge in [0.15, 0.2) is 11.6 Å². The van der Waals surface area contributed by atoms with Gasteiger partial charge in [0.05, 0.1) is 22.3 Å². The van der Waals surface area contributed by atoms with Gasteiger partial charge in [0.2, 0.25) is 5.95 Å². The molecule has 2 aromatic heterocycles.